The molecular weight excluding hydrogens is 127 g/mol. The van der Waals surface area contributed by atoms with Crippen LogP contribution in [0.5, 0.6) is 0 Å². The van der Waals surface area contributed by atoms with Crippen molar-refractivity contribution in [1.82, 2.24) is 0 Å². The van der Waals surface area contributed by atoms with Gasteiger partial charge in [-0.2, -0.15) is 0 Å². The Morgan fingerprint density at radius 1 is 1.67 bits per heavy atom. The van der Waals surface area contributed by atoms with E-state index in [0.717, 1.165) is 0 Å². The Labute approximate surface area is 44.4 Å². The van der Waals surface area contributed by atoms with Crippen LogP contribution in [0.25, 0.3) is 0 Å². The molecule has 41 valence electrons. The predicted octanol–water partition coefficient (Wildman–Crippen LogP) is 0.582. The first-order valence-corrected chi connectivity index (χ1v) is 2.53. The molecule has 0 saturated heterocycles. The Bertz CT molecular complexity index is 20.8. The van der Waals surface area contributed by atoms with Crippen molar-refractivity contribution >= 4 is 0 Å². The van der Waals surface area contributed by atoms with Crippen molar-refractivity contribution in [2.24, 2.45) is 0 Å². The van der Waals surface area contributed by atoms with E-state index in [4.69, 9.17) is 3.85 Å². The third kappa shape index (κ3) is 4.43. The summed E-state index contributed by atoms with van der Waals surface area (Å²) in [6.45, 7) is 2.64. The molecule has 0 atom stereocenters. The average molecular weight is 135 g/mol. The summed E-state index contributed by atoms with van der Waals surface area (Å²) in [4.78, 5) is 0. The van der Waals surface area contributed by atoms with Crippen LogP contribution in [0.15, 0.2) is 0 Å². The van der Waals surface area contributed by atoms with E-state index in [1.54, 1.807) is 7.11 Å². The van der Waals surface area contributed by atoms with E-state index in [0.29, 0.717) is 22.0 Å². The molecule has 0 saturated carbocycles. The van der Waals surface area contributed by atoms with Crippen LogP contribution in [0.4, 0.5) is 0 Å². The zero-order valence-electron chi connectivity index (χ0n) is 3.86. The second-order valence-electron chi connectivity index (χ2n) is 0.577. The molecular formula is C3H8CoO2. The molecule has 0 aliphatic heterocycles. The van der Waals surface area contributed by atoms with E-state index in [-0.39, 0.29) is 0 Å². The van der Waals surface area contributed by atoms with Gasteiger partial charge in [0.05, 0.1) is 0 Å². The third-order valence-electron chi connectivity index (χ3n) is 0.191. The first-order valence-electron chi connectivity index (χ1n) is 1.68. The van der Waals surface area contributed by atoms with Crippen molar-refractivity contribution in [2.75, 3.05) is 13.7 Å². The van der Waals surface area contributed by atoms with Gasteiger partial charge in [0.1, 0.15) is 0 Å². The van der Waals surface area contributed by atoms with Crippen LogP contribution in [0.3, 0.4) is 0 Å². The van der Waals surface area contributed by atoms with E-state index in [2.05, 4.69) is 3.85 Å². The molecule has 0 spiro atoms. The Hall–Kier alpha value is 0.426. The average Bonchev–Trinajstić information content (AvgIpc) is 1.61. The quantitative estimate of drug-likeness (QED) is 0.527. The summed E-state index contributed by atoms with van der Waals surface area (Å²) in [5.41, 5.74) is 0. The normalized spacial score (nSPS) is 9.67. The second kappa shape index (κ2) is 5.43. The zero-order chi connectivity index (χ0) is 4.83. The molecule has 3 heteroatoms. The third-order valence-corrected chi connectivity index (χ3v) is 0.788. The van der Waals surface area contributed by atoms with Gasteiger partial charge in [-0.3, -0.25) is 0 Å². The minimum absolute atomic E-state index is 0.636. The van der Waals surface area contributed by atoms with Crippen LogP contribution in [0.2, 0.25) is 0 Å². The van der Waals surface area contributed by atoms with Crippen LogP contribution < -0.4 is 0 Å². The Kier molecular flexibility index (Phi) is 5.81. The predicted molar refractivity (Wildman–Crippen MR) is 18.6 cm³/mol. The number of hydrogen-bond donors (Lipinski definition) is 0. The van der Waals surface area contributed by atoms with Gasteiger partial charge >= 0.3 is 43.7 Å². The van der Waals surface area contributed by atoms with Gasteiger partial charge in [0.15, 0.2) is 0 Å². The van der Waals surface area contributed by atoms with Crippen LogP contribution >= 0.6 is 0 Å². The van der Waals surface area contributed by atoms with E-state index >= 15 is 0 Å². The summed E-state index contributed by atoms with van der Waals surface area (Å²) in [6.07, 6.45) is 0. The summed E-state index contributed by atoms with van der Waals surface area (Å²) in [6, 6.07) is 0. The monoisotopic (exact) mass is 135 g/mol. The van der Waals surface area contributed by atoms with Crippen molar-refractivity contribution in [3.8, 4) is 0 Å². The van der Waals surface area contributed by atoms with Gasteiger partial charge < -0.3 is 0 Å². The van der Waals surface area contributed by atoms with E-state index in [9.17, 15) is 0 Å². The molecule has 6 heavy (non-hydrogen) atoms. The summed E-state index contributed by atoms with van der Waals surface area (Å²) in [5.74, 6) is 0. The molecule has 0 aromatic carbocycles. The summed E-state index contributed by atoms with van der Waals surface area (Å²) in [5, 5.41) is 0. The molecule has 0 rings (SSSR count). The van der Waals surface area contributed by atoms with Gasteiger partial charge in [-0.1, -0.05) is 0 Å². The van der Waals surface area contributed by atoms with Crippen molar-refractivity contribution in [3.05, 3.63) is 0 Å². The van der Waals surface area contributed by atoms with Crippen molar-refractivity contribution in [1.29, 1.82) is 0 Å². The number of hydrogen-bond acceptors (Lipinski definition) is 2. The fourth-order valence-electron chi connectivity index (χ4n) is 0.0786. The molecule has 0 unspecified atom stereocenters. The van der Waals surface area contributed by atoms with Gasteiger partial charge in [-0.25, -0.2) is 0 Å². The molecule has 0 fully saturated rings. The van der Waals surface area contributed by atoms with Gasteiger partial charge in [0, 0.05) is 0 Å². The van der Waals surface area contributed by atoms with Gasteiger partial charge in [0.2, 0.25) is 0 Å². The van der Waals surface area contributed by atoms with Crippen LogP contribution in [-0.4, -0.2) is 13.7 Å². The fourth-order valence-corrected chi connectivity index (χ4v) is 0.324. The topological polar surface area (TPSA) is 18.5 Å². The molecule has 0 N–H and O–H groups in total. The van der Waals surface area contributed by atoms with Crippen LogP contribution in [0.1, 0.15) is 6.92 Å². The molecule has 0 aromatic rings. The van der Waals surface area contributed by atoms with E-state index < -0.39 is 0 Å². The first kappa shape index (κ1) is 6.43. The number of rotatable bonds is 3. The van der Waals surface area contributed by atoms with Crippen molar-refractivity contribution < 1.29 is 23.0 Å². The molecule has 2 nitrogen and oxygen atoms in total. The first-order chi connectivity index (χ1) is 2.91. The zero-order valence-corrected chi connectivity index (χ0v) is 4.90. The summed E-state index contributed by atoms with van der Waals surface area (Å²) < 4.78 is 9.26. The maximum atomic E-state index is 4.73. The Morgan fingerprint density at radius 2 is 2.33 bits per heavy atom. The maximum absolute atomic E-state index is 4.73. The van der Waals surface area contributed by atoms with Gasteiger partial charge in [0.25, 0.3) is 0 Å². The Balaban J connectivity index is 2.34. The molecule has 0 bridgehead atoms. The van der Waals surface area contributed by atoms with E-state index in [1.807, 2.05) is 6.92 Å². The Morgan fingerprint density at radius 3 is 2.50 bits per heavy atom. The summed E-state index contributed by atoms with van der Waals surface area (Å²) >= 11 is 0.636. The van der Waals surface area contributed by atoms with Crippen LogP contribution in [-0.2, 0) is 23.0 Å². The minimum atomic E-state index is 0.636. The molecule has 0 heterocycles. The molecule has 0 aliphatic carbocycles. The SMILES string of the molecule is CC[O][Co][O]C. The summed E-state index contributed by atoms with van der Waals surface area (Å²) in [7, 11) is 1.59. The van der Waals surface area contributed by atoms with Gasteiger partial charge in [-0.15, -0.1) is 0 Å². The van der Waals surface area contributed by atoms with E-state index in [1.165, 1.54) is 0 Å². The molecule has 0 aromatic heterocycles. The standard InChI is InChI=1S/C2H5O.CH3O.Co/c1-2-3;1-2;/h2H2,1H3;1H3;/q2*-1;+2. The van der Waals surface area contributed by atoms with Crippen molar-refractivity contribution in [2.45, 2.75) is 6.92 Å². The van der Waals surface area contributed by atoms with Gasteiger partial charge in [-0.05, 0) is 0 Å². The van der Waals surface area contributed by atoms with Crippen LogP contribution in [0, 0.1) is 0 Å². The van der Waals surface area contributed by atoms with Crippen molar-refractivity contribution in [3.63, 3.8) is 0 Å². The molecule has 0 aliphatic rings. The second-order valence-corrected chi connectivity index (χ2v) is 1.48. The fraction of sp³-hybridized carbons (Fsp3) is 1.00. The molecule has 0 radical (unpaired) electrons. The molecule has 0 amide bonds.